The van der Waals surface area contributed by atoms with Gasteiger partial charge in [0, 0.05) is 26.2 Å². The summed E-state index contributed by atoms with van der Waals surface area (Å²) < 4.78 is 61.1. The fourth-order valence-corrected chi connectivity index (χ4v) is 8.40. The van der Waals surface area contributed by atoms with Crippen LogP contribution in [0.3, 0.4) is 0 Å². The van der Waals surface area contributed by atoms with E-state index in [1.165, 1.54) is 27.9 Å². The van der Waals surface area contributed by atoms with Gasteiger partial charge < -0.3 is 9.84 Å². The molecule has 10 heteroatoms. The number of aliphatic hydroxyl groups is 1. The average molecular weight is 547 g/mol. The van der Waals surface area contributed by atoms with Gasteiger partial charge in [0.25, 0.3) is 0 Å². The molecule has 1 fully saturated rings. The molecule has 1 aromatic rings. The van der Waals surface area contributed by atoms with Crippen molar-refractivity contribution in [2.75, 3.05) is 39.0 Å². The smallest absolute Gasteiger partial charge is 0.243 e. The number of ether oxygens (including phenoxy) is 1. The first kappa shape index (κ1) is 31.0. The van der Waals surface area contributed by atoms with Crippen LogP contribution < -0.4 is 4.74 Å². The van der Waals surface area contributed by atoms with Crippen LogP contribution in [0.2, 0.25) is 0 Å². The Kier molecular flexibility index (Phi) is 11.2. The van der Waals surface area contributed by atoms with Gasteiger partial charge in [0.15, 0.2) is 0 Å². The van der Waals surface area contributed by atoms with Gasteiger partial charge in [0.05, 0.1) is 23.9 Å². The molecule has 1 saturated carbocycles. The minimum absolute atomic E-state index is 0.0359. The summed E-state index contributed by atoms with van der Waals surface area (Å²) in [7, 11) is -5.83. The van der Waals surface area contributed by atoms with Crippen LogP contribution in [0.1, 0.15) is 66.7 Å². The molecule has 0 saturated heterocycles. The molecule has 1 N–H and O–H groups in total. The number of hydrogen-bond donors (Lipinski definition) is 1. The molecule has 0 spiro atoms. The van der Waals surface area contributed by atoms with Gasteiger partial charge in [0.2, 0.25) is 20.0 Å². The van der Waals surface area contributed by atoms with Gasteiger partial charge in [-0.2, -0.15) is 4.31 Å². The van der Waals surface area contributed by atoms with Crippen molar-refractivity contribution in [3.8, 4) is 5.75 Å². The fourth-order valence-electron chi connectivity index (χ4n) is 4.66. The fraction of sp³-hybridized carbons (Fsp3) is 0.769. The lowest BCUT2D eigenvalue weighted by atomic mass is 10.0. The minimum atomic E-state index is -3.84. The van der Waals surface area contributed by atoms with Crippen LogP contribution in [0.25, 0.3) is 0 Å². The second-order valence-electron chi connectivity index (χ2n) is 11.7. The summed E-state index contributed by atoms with van der Waals surface area (Å²) in [6.45, 7) is 10.3. The number of methoxy groups -OCH3 is 1. The Morgan fingerprint density at radius 3 is 2.08 bits per heavy atom. The Morgan fingerprint density at radius 2 is 1.58 bits per heavy atom. The molecular weight excluding hydrogens is 500 g/mol. The molecule has 0 bridgehead atoms. The molecule has 1 aliphatic carbocycles. The molecule has 0 radical (unpaired) electrons. The van der Waals surface area contributed by atoms with Crippen molar-refractivity contribution in [1.82, 2.24) is 8.61 Å². The Bertz CT molecular complexity index is 1010. The summed E-state index contributed by atoms with van der Waals surface area (Å²) in [4.78, 5) is 0.131. The molecule has 208 valence electrons. The van der Waals surface area contributed by atoms with E-state index in [2.05, 4.69) is 0 Å². The van der Waals surface area contributed by atoms with Crippen molar-refractivity contribution in [3.63, 3.8) is 0 Å². The molecule has 0 heterocycles. The van der Waals surface area contributed by atoms with E-state index in [-0.39, 0.29) is 48.0 Å². The van der Waals surface area contributed by atoms with Gasteiger partial charge in [0.1, 0.15) is 5.75 Å². The number of sulfonamides is 2. The van der Waals surface area contributed by atoms with Gasteiger partial charge in [-0.05, 0) is 60.8 Å². The highest BCUT2D eigenvalue weighted by molar-refractivity contribution is 7.89. The number of hydrogen-bond acceptors (Lipinski definition) is 6. The van der Waals surface area contributed by atoms with Crippen molar-refractivity contribution in [2.45, 2.75) is 77.7 Å². The third-order valence-corrected chi connectivity index (χ3v) is 10.5. The van der Waals surface area contributed by atoms with Crippen LogP contribution in [0.4, 0.5) is 0 Å². The molecule has 1 aromatic carbocycles. The lowest BCUT2D eigenvalue weighted by Crippen LogP contribution is -2.43. The predicted molar refractivity (Wildman–Crippen MR) is 144 cm³/mol. The maximum absolute atomic E-state index is 13.4. The normalized spacial score (nSPS) is 16.8. The molecule has 0 amide bonds. The number of aliphatic hydroxyl groups excluding tert-OH is 1. The maximum Gasteiger partial charge on any atom is 0.243 e. The van der Waals surface area contributed by atoms with Crippen LogP contribution in [-0.2, 0) is 20.0 Å². The molecule has 0 aromatic heterocycles. The number of benzene rings is 1. The summed E-state index contributed by atoms with van der Waals surface area (Å²) >= 11 is 0. The molecular formula is C26H46N2O6S2. The molecule has 8 nitrogen and oxygen atoms in total. The predicted octanol–water partition coefficient (Wildman–Crippen LogP) is 3.96. The molecule has 1 aliphatic rings. The Labute approximate surface area is 219 Å². The Balaban J connectivity index is 2.15. The van der Waals surface area contributed by atoms with Crippen LogP contribution in [0, 0.1) is 17.3 Å². The van der Waals surface area contributed by atoms with E-state index in [4.69, 9.17) is 4.74 Å². The van der Waals surface area contributed by atoms with E-state index < -0.39 is 26.2 Å². The Morgan fingerprint density at radius 1 is 1.00 bits per heavy atom. The molecule has 0 unspecified atom stereocenters. The first-order valence-electron chi connectivity index (χ1n) is 12.9. The molecule has 1 atom stereocenters. The number of rotatable bonds is 14. The van der Waals surface area contributed by atoms with E-state index in [0.717, 1.165) is 25.7 Å². The van der Waals surface area contributed by atoms with E-state index >= 15 is 0 Å². The summed E-state index contributed by atoms with van der Waals surface area (Å²) in [6.07, 6.45) is 3.45. The van der Waals surface area contributed by atoms with Crippen LogP contribution in [-0.4, -0.2) is 75.7 Å². The Hall–Kier alpha value is -1.20. The maximum atomic E-state index is 13.4. The summed E-state index contributed by atoms with van der Waals surface area (Å²) in [6, 6.07) is 6.18. The molecule has 0 aliphatic heterocycles. The zero-order chi connectivity index (χ0) is 27.1. The van der Waals surface area contributed by atoms with Crippen LogP contribution >= 0.6 is 0 Å². The van der Waals surface area contributed by atoms with Gasteiger partial charge in [-0.1, -0.05) is 47.5 Å². The summed E-state index contributed by atoms with van der Waals surface area (Å²) in [5.41, 5.74) is -0.383. The average Bonchev–Trinajstić information content (AvgIpc) is 3.27. The van der Waals surface area contributed by atoms with Crippen molar-refractivity contribution >= 4 is 20.0 Å². The minimum Gasteiger partial charge on any atom is -0.497 e. The van der Waals surface area contributed by atoms with Gasteiger partial charge in [-0.3, -0.25) is 0 Å². The second kappa shape index (κ2) is 13.0. The third kappa shape index (κ3) is 9.59. The molecule has 36 heavy (non-hydrogen) atoms. The summed E-state index contributed by atoms with van der Waals surface area (Å²) in [5.74, 6) is 0.984. The van der Waals surface area contributed by atoms with Gasteiger partial charge in [-0.25, -0.2) is 21.1 Å². The SMILES string of the molecule is COc1ccc(S(=O)(=O)N(CC(C)C)C[C@@H](O)CCN(CC2CCCC2)S(=O)(=O)CC(C)(C)C)cc1. The monoisotopic (exact) mass is 546 g/mol. The highest BCUT2D eigenvalue weighted by Crippen LogP contribution is 2.28. The van der Waals surface area contributed by atoms with E-state index in [9.17, 15) is 21.9 Å². The highest BCUT2D eigenvalue weighted by atomic mass is 32.2. The number of nitrogens with zero attached hydrogens (tertiary/aromatic N) is 2. The lowest BCUT2D eigenvalue weighted by Gasteiger charge is -2.30. The quantitative estimate of drug-likeness (QED) is 0.379. The van der Waals surface area contributed by atoms with Gasteiger partial charge in [-0.15, -0.1) is 0 Å². The first-order valence-corrected chi connectivity index (χ1v) is 16.0. The third-order valence-electron chi connectivity index (χ3n) is 6.34. The van der Waals surface area contributed by atoms with E-state index in [1.54, 1.807) is 12.1 Å². The second-order valence-corrected chi connectivity index (χ2v) is 15.6. The lowest BCUT2D eigenvalue weighted by molar-refractivity contribution is 0.125. The first-order chi connectivity index (χ1) is 16.6. The standard InChI is InChI=1S/C26H46N2O6S2/c1-21(2)17-28(36(32,33)25-13-11-24(34-6)12-14-25)19-23(29)15-16-27(18-22-9-7-8-10-22)35(30,31)20-26(3,4)5/h11-14,21-23,29H,7-10,15-20H2,1-6H3/t23-/m0/s1. The summed E-state index contributed by atoms with van der Waals surface area (Å²) in [5, 5.41) is 10.9. The van der Waals surface area contributed by atoms with E-state index in [1.807, 2.05) is 34.6 Å². The highest BCUT2D eigenvalue weighted by Gasteiger charge is 2.32. The largest absolute Gasteiger partial charge is 0.497 e. The van der Waals surface area contributed by atoms with E-state index in [0.29, 0.717) is 18.2 Å². The van der Waals surface area contributed by atoms with Gasteiger partial charge >= 0.3 is 0 Å². The zero-order valence-corrected chi connectivity index (χ0v) is 24.4. The van der Waals surface area contributed by atoms with Crippen molar-refractivity contribution < 1.29 is 26.7 Å². The van der Waals surface area contributed by atoms with Crippen LogP contribution in [0.15, 0.2) is 29.2 Å². The topological polar surface area (TPSA) is 104 Å². The van der Waals surface area contributed by atoms with Crippen molar-refractivity contribution in [2.24, 2.45) is 17.3 Å². The van der Waals surface area contributed by atoms with Crippen molar-refractivity contribution in [1.29, 1.82) is 0 Å². The molecule has 2 rings (SSSR count). The zero-order valence-electron chi connectivity index (χ0n) is 22.8. The van der Waals surface area contributed by atoms with Crippen LogP contribution in [0.5, 0.6) is 5.75 Å². The van der Waals surface area contributed by atoms with Crippen molar-refractivity contribution in [3.05, 3.63) is 24.3 Å².